The summed E-state index contributed by atoms with van der Waals surface area (Å²) in [4.78, 5) is 27.5. The van der Waals surface area contributed by atoms with Crippen LogP contribution in [-0.4, -0.2) is 33.9 Å². The standard InChI is InChI=1S/C22H19N5O3S/c1-13-17-19(26(24-13)14-9-5-4-6-10-14)25(2)20(31-3)18(27(29)30)22(17)15-11-7-8-12-16(15)23-21(22)28/h4-12H,1-3H3,(H,23,28). The lowest BCUT2D eigenvalue weighted by Crippen LogP contribution is -2.46. The number of aromatic nitrogens is 2. The lowest BCUT2D eigenvalue weighted by atomic mass is 9.71. The molecule has 1 N–H and O–H groups in total. The first-order chi connectivity index (χ1) is 14.9. The minimum atomic E-state index is -1.59. The third kappa shape index (κ3) is 2.37. The summed E-state index contributed by atoms with van der Waals surface area (Å²) in [5.74, 6) is 0.211. The second-order valence-electron chi connectivity index (χ2n) is 7.46. The van der Waals surface area contributed by atoms with Crippen molar-refractivity contribution in [1.29, 1.82) is 0 Å². The molecule has 0 saturated carbocycles. The van der Waals surface area contributed by atoms with Crippen LogP contribution >= 0.6 is 11.8 Å². The van der Waals surface area contributed by atoms with Gasteiger partial charge in [-0.2, -0.15) is 5.10 Å². The highest BCUT2D eigenvalue weighted by Crippen LogP contribution is 2.56. The maximum Gasteiger partial charge on any atom is 0.300 e. The number of carbonyl (C=O) groups is 1. The summed E-state index contributed by atoms with van der Waals surface area (Å²) in [6.07, 6.45) is 1.78. The zero-order chi connectivity index (χ0) is 21.9. The maximum absolute atomic E-state index is 13.6. The van der Waals surface area contributed by atoms with Gasteiger partial charge in [0.15, 0.2) is 10.4 Å². The van der Waals surface area contributed by atoms with E-state index < -0.39 is 16.2 Å². The van der Waals surface area contributed by atoms with Gasteiger partial charge in [0.05, 0.1) is 16.3 Å². The highest BCUT2D eigenvalue weighted by molar-refractivity contribution is 8.02. The van der Waals surface area contributed by atoms with Crippen LogP contribution < -0.4 is 10.2 Å². The molecule has 156 valence electrons. The number of para-hydroxylation sites is 2. The molecule has 31 heavy (non-hydrogen) atoms. The van der Waals surface area contributed by atoms with Gasteiger partial charge in [0, 0.05) is 23.9 Å². The number of amides is 1. The monoisotopic (exact) mass is 433 g/mol. The number of carbonyl (C=O) groups excluding carboxylic acids is 1. The molecule has 2 aromatic carbocycles. The SMILES string of the molecule is CSC1=C([N+](=O)[O-])C2(C(=O)Nc3ccccc32)c2c(C)nn(-c3ccccc3)c2N1C. The number of fused-ring (bicyclic) bond motifs is 4. The molecule has 5 rings (SSSR count). The molecule has 8 nitrogen and oxygen atoms in total. The molecular formula is C22H19N5O3S. The Morgan fingerprint density at radius 2 is 1.81 bits per heavy atom. The van der Waals surface area contributed by atoms with E-state index in [4.69, 9.17) is 5.10 Å². The van der Waals surface area contributed by atoms with Crippen molar-refractivity contribution < 1.29 is 9.72 Å². The van der Waals surface area contributed by atoms with Crippen molar-refractivity contribution >= 4 is 29.2 Å². The van der Waals surface area contributed by atoms with Gasteiger partial charge in [-0.15, -0.1) is 11.8 Å². The van der Waals surface area contributed by atoms with Crippen LogP contribution in [0.3, 0.4) is 0 Å². The molecule has 2 aliphatic rings. The Hall–Kier alpha value is -3.59. The predicted octanol–water partition coefficient (Wildman–Crippen LogP) is 3.68. The summed E-state index contributed by atoms with van der Waals surface area (Å²) < 4.78 is 1.76. The van der Waals surface area contributed by atoms with E-state index in [1.165, 1.54) is 11.8 Å². The molecule has 1 aromatic heterocycles. The zero-order valence-electron chi connectivity index (χ0n) is 17.1. The van der Waals surface area contributed by atoms with Gasteiger partial charge >= 0.3 is 5.70 Å². The summed E-state index contributed by atoms with van der Waals surface area (Å²) >= 11 is 1.25. The maximum atomic E-state index is 13.6. The quantitative estimate of drug-likeness (QED) is 0.500. The first-order valence-electron chi connectivity index (χ1n) is 9.66. The largest absolute Gasteiger partial charge is 0.324 e. The van der Waals surface area contributed by atoms with Crippen molar-refractivity contribution in [2.24, 2.45) is 0 Å². The Morgan fingerprint density at radius 1 is 1.13 bits per heavy atom. The van der Waals surface area contributed by atoms with Crippen LogP contribution in [0.5, 0.6) is 0 Å². The Bertz CT molecular complexity index is 1280. The van der Waals surface area contributed by atoms with Crippen LogP contribution in [0.4, 0.5) is 11.5 Å². The predicted molar refractivity (Wildman–Crippen MR) is 120 cm³/mol. The second kappa shape index (κ2) is 6.71. The van der Waals surface area contributed by atoms with Crippen LogP contribution in [0.2, 0.25) is 0 Å². The van der Waals surface area contributed by atoms with E-state index in [2.05, 4.69) is 5.32 Å². The van der Waals surface area contributed by atoms with Gasteiger partial charge in [0.25, 0.3) is 5.91 Å². The highest BCUT2D eigenvalue weighted by Gasteiger charge is 2.64. The third-order valence-electron chi connectivity index (χ3n) is 5.89. The number of thioether (sulfide) groups is 1. The average molecular weight is 433 g/mol. The minimum absolute atomic E-state index is 0.145. The molecule has 0 radical (unpaired) electrons. The van der Waals surface area contributed by atoms with Crippen molar-refractivity contribution in [3.05, 3.63) is 92.3 Å². The van der Waals surface area contributed by atoms with Crippen molar-refractivity contribution in [3.8, 4) is 5.69 Å². The van der Waals surface area contributed by atoms with Gasteiger partial charge in [-0.25, -0.2) is 4.68 Å². The number of hydrogen-bond acceptors (Lipinski definition) is 6. The molecule has 2 aliphatic heterocycles. The summed E-state index contributed by atoms with van der Waals surface area (Å²) in [6, 6.07) is 16.7. The van der Waals surface area contributed by atoms with Crippen molar-refractivity contribution in [1.82, 2.24) is 9.78 Å². The smallest absolute Gasteiger partial charge is 0.300 e. The molecule has 3 aromatic rings. The van der Waals surface area contributed by atoms with Gasteiger partial charge in [-0.3, -0.25) is 14.9 Å². The third-order valence-corrected chi connectivity index (χ3v) is 6.74. The van der Waals surface area contributed by atoms with Gasteiger partial charge in [-0.05, 0) is 31.4 Å². The van der Waals surface area contributed by atoms with Gasteiger partial charge in [0.2, 0.25) is 0 Å². The highest BCUT2D eigenvalue weighted by atomic mass is 32.2. The number of nitro groups is 1. The van der Waals surface area contributed by atoms with E-state index >= 15 is 0 Å². The normalized spacial score (nSPS) is 19.5. The lowest BCUT2D eigenvalue weighted by molar-refractivity contribution is -0.433. The van der Waals surface area contributed by atoms with Crippen LogP contribution in [0, 0.1) is 17.0 Å². The molecule has 0 saturated heterocycles. The Morgan fingerprint density at radius 3 is 2.48 bits per heavy atom. The molecule has 9 heteroatoms. The fourth-order valence-corrected chi connectivity index (χ4v) is 5.52. The first kappa shape index (κ1) is 19.4. The topological polar surface area (TPSA) is 93.3 Å². The number of aryl methyl sites for hydroxylation is 1. The summed E-state index contributed by atoms with van der Waals surface area (Å²) in [5.41, 5.74) is 1.33. The van der Waals surface area contributed by atoms with Gasteiger partial charge in [-0.1, -0.05) is 36.4 Å². The molecule has 0 aliphatic carbocycles. The Labute approximate surface area is 182 Å². The van der Waals surface area contributed by atoms with Crippen LogP contribution in [0.25, 0.3) is 5.69 Å². The number of anilines is 2. The number of nitrogens with one attached hydrogen (secondary N) is 1. The average Bonchev–Trinajstić information content (AvgIpc) is 3.26. The first-order valence-corrected chi connectivity index (χ1v) is 10.9. The van der Waals surface area contributed by atoms with E-state index in [0.29, 0.717) is 33.4 Å². The molecule has 1 atom stereocenters. The van der Waals surface area contributed by atoms with E-state index in [1.807, 2.05) is 30.3 Å². The van der Waals surface area contributed by atoms with E-state index in [1.54, 1.807) is 54.1 Å². The van der Waals surface area contributed by atoms with E-state index in [0.717, 1.165) is 5.69 Å². The Balaban J connectivity index is 1.96. The lowest BCUT2D eigenvalue weighted by Gasteiger charge is -2.36. The molecule has 1 amide bonds. The van der Waals surface area contributed by atoms with Crippen molar-refractivity contribution in [2.45, 2.75) is 12.3 Å². The number of benzene rings is 2. The van der Waals surface area contributed by atoms with Crippen molar-refractivity contribution in [2.75, 3.05) is 23.5 Å². The van der Waals surface area contributed by atoms with Crippen molar-refractivity contribution in [3.63, 3.8) is 0 Å². The molecular weight excluding hydrogens is 414 g/mol. The zero-order valence-corrected chi connectivity index (χ0v) is 17.9. The summed E-state index contributed by atoms with van der Waals surface area (Å²) in [6.45, 7) is 1.80. The van der Waals surface area contributed by atoms with Gasteiger partial charge in [0.1, 0.15) is 5.82 Å². The number of rotatable bonds is 3. The Kier molecular flexibility index (Phi) is 4.19. The van der Waals surface area contributed by atoms with Gasteiger partial charge < -0.3 is 10.2 Å². The fourth-order valence-electron chi connectivity index (χ4n) is 4.74. The summed E-state index contributed by atoms with van der Waals surface area (Å²) in [7, 11) is 1.78. The summed E-state index contributed by atoms with van der Waals surface area (Å²) in [5, 5.41) is 20.5. The molecule has 0 fully saturated rings. The molecule has 0 bridgehead atoms. The minimum Gasteiger partial charge on any atom is -0.324 e. The fraction of sp³-hybridized carbons (Fsp3) is 0.182. The molecule has 3 heterocycles. The number of hydrogen-bond donors (Lipinski definition) is 1. The van der Waals surface area contributed by atoms with Crippen LogP contribution in [-0.2, 0) is 10.2 Å². The van der Waals surface area contributed by atoms with E-state index in [9.17, 15) is 14.9 Å². The molecule has 1 unspecified atom stereocenters. The van der Waals surface area contributed by atoms with Crippen LogP contribution in [0.15, 0.2) is 65.3 Å². The molecule has 1 spiro atoms. The van der Waals surface area contributed by atoms with E-state index in [-0.39, 0.29) is 5.70 Å². The van der Waals surface area contributed by atoms with Crippen LogP contribution in [0.1, 0.15) is 16.8 Å². The number of nitrogens with zero attached hydrogens (tertiary/aromatic N) is 4. The second-order valence-corrected chi connectivity index (χ2v) is 8.25.